The zero-order valence-corrected chi connectivity index (χ0v) is 11.3. The van der Waals surface area contributed by atoms with Crippen LogP contribution in [0.4, 0.5) is 0 Å². The first-order chi connectivity index (χ1) is 9.40. The molecular weight excluding hydrogens is 236 g/mol. The van der Waals surface area contributed by atoms with Crippen molar-refractivity contribution in [1.82, 2.24) is 10.3 Å². The number of fused-ring (bicyclic) bond motifs is 1. The van der Waals surface area contributed by atoms with Gasteiger partial charge in [0.1, 0.15) is 0 Å². The van der Waals surface area contributed by atoms with Crippen LogP contribution in [-0.2, 0) is 4.74 Å². The Kier molecular flexibility index (Phi) is 3.76. The maximum atomic E-state index is 5.99. The quantitative estimate of drug-likeness (QED) is 0.913. The van der Waals surface area contributed by atoms with E-state index in [1.54, 1.807) is 0 Å². The number of aromatic nitrogens is 1. The van der Waals surface area contributed by atoms with Gasteiger partial charge in [-0.1, -0.05) is 25.1 Å². The number of para-hydroxylation sites is 1. The van der Waals surface area contributed by atoms with Crippen LogP contribution in [-0.4, -0.2) is 24.7 Å². The summed E-state index contributed by atoms with van der Waals surface area (Å²) in [6.07, 6.45) is 3.23. The molecule has 0 radical (unpaired) electrons. The first-order valence-electron chi connectivity index (χ1n) is 7.06. The molecule has 0 bridgehead atoms. The maximum Gasteiger partial charge on any atom is 0.0873 e. The highest BCUT2D eigenvalue weighted by molar-refractivity contribution is 5.82. The molecule has 0 aliphatic carbocycles. The molecule has 19 heavy (non-hydrogen) atoms. The van der Waals surface area contributed by atoms with E-state index < -0.39 is 0 Å². The van der Waals surface area contributed by atoms with Crippen molar-refractivity contribution in [2.24, 2.45) is 5.92 Å². The van der Waals surface area contributed by atoms with Crippen molar-refractivity contribution in [1.29, 1.82) is 0 Å². The topological polar surface area (TPSA) is 34.1 Å². The maximum absolute atomic E-state index is 5.99. The predicted octanol–water partition coefficient (Wildman–Crippen LogP) is 2.92. The molecule has 3 nitrogen and oxygen atoms in total. The van der Waals surface area contributed by atoms with Crippen molar-refractivity contribution < 1.29 is 4.74 Å². The molecule has 3 rings (SSSR count). The minimum absolute atomic E-state index is 0.201. The molecule has 1 aromatic heterocycles. The van der Waals surface area contributed by atoms with E-state index in [9.17, 15) is 0 Å². The highest BCUT2D eigenvalue weighted by Crippen LogP contribution is 2.37. The summed E-state index contributed by atoms with van der Waals surface area (Å²) in [5.74, 6) is 0.561. The van der Waals surface area contributed by atoms with E-state index in [-0.39, 0.29) is 6.10 Å². The largest absolute Gasteiger partial charge is 0.373 e. The van der Waals surface area contributed by atoms with Crippen molar-refractivity contribution >= 4 is 10.9 Å². The van der Waals surface area contributed by atoms with Crippen LogP contribution < -0.4 is 5.32 Å². The van der Waals surface area contributed by atoms with Crippen molar-refractivity contribution in [3.8, 4) is 0 Å². The zero-order valence-electron chi connectivity index (χ0n) is 11.3. The van der Waals surface area contributed by atoms with Crippen molar-refractivity contribution in [2.75, 3.05) is 19.7 Å². The fourth-order valence-electron chi connectivity index (χ4n) is 2.88. The van der Waals surface area contributed by atoms with E-state index >= 15 is 0 Å². The molecular formula is C16H20N2O. The molecule has 100 valence electrons. The number of nitrogens with one attached hydrogen (secondary N) is 1. The minimum atomic E-state index is 0.201. The van der Waals surface area contributed by atoms with Gasteiger partial charge in [0, 0.05) is 30.7 Å². The van der Waals surface area contributed by atoms with E-state index in [0.29, 0.717) is 5.92 Å². The summed E-state index contributed by atoms with van der Waals surface area (Å²) in [6, 6.07) is 10.4. The number of hydrogen-bond acceptors (Lipinski definition) is 3. The third-order valence-corrected chi connectivity index (χ3v) is 3.86. The number of benzene rings is 1. The van der Waals surface area contributed by atoms with Crippen LogP contribution in [0, 0.1) is 5.92 Å². The van der Waals surface area contributed by atoms with Gasteiger partial charge in [-0.3, -0.25) is 4.98 Å². The highest BCUT2D eigenvalue weighted by atomic mass is 16.5. The Morgan fingerprint density at radius 2 is 2.21 bits per heavy atom. The molecule has 0 amide bonds. The summed E-state index contributed by atoms with van der Waals surface area (Å²) in [5.41, 5.74) is 2.34. The van der Waals surface area contributed by atoms with Crippen LogP contribution in [0.2, 0.25) is 0 Å². The molecule has 1 aliphatic rings. The molecule has 0 spiro atoms. The lowest BCUT2D eigenvalue weighted by Crippen LogP contribution is -2.24. The van der Waals surface area contributed by atoms with Gasteiger partial charge in [-0.25, -0.2) is 0 Å². The van der Waals surface area contributed by atoms with Gasteiger partial charge in [0.05, 0.1) is 11.6 Å². The third-order valence-electron chi connectivity index (χ3n) is 3.86. The highest BCUT2D eigenvalue weighted by Gasteiger charge is 2.30. The smallest absolute Gasteiger partial charge is 0.0873 e. The molecule has 1 aromatic carbocycles. The van der Waals surface area contributed by atoms with Gasteiger partial charge < -0.3 is 10.1 Å². The summed E-state index contributed by atoms with van der Waals surface area (Å²) in [7, 11) is 0. The predicted molar refractivity (Wildman–Crippen MR) is 77.1 cm³/mol. The molecule has 2 aromatic rings. The molecule has 1 N–H and O–H groups in total. The number of nitrogens with zero attached hydrogens (tertiary/aromatic N) is 1. The first-order valence-corrected chi connectivity index (χ1v) is 7.06. The second-order valence-corrected chi connectivity index (χ2v) is 5.07. The number of pyridine rings is 1. The Morgan fingerprint density at radius 1 is 1.32 bits per heavy atom. The normalized spacial score (nSPS) is 23.0. The number of ether oxygens (including phenoxy) is 1. The standard InChI is InChI=1S/C16H20N2O/c1-2-17-11-12-8-10-19-16(12)14-7-9-18-15-6-4-3-5-13(14)15/h3-7,9,12,16-17H,2,8,10-11H2,1H3. The molecule has 1 saturated heterocycles. The van der Waals surface area contributed by atoms with E-state index in [0.717, 1.165) is 31.6 Å². The molecule has 3 heteroatoms. The van der Waals surface area contributed by atoms with E-state index in [2.05, 4.69) is 41.5 Å². The van der Waals surface area contributed by atoms with E-state index in [1.165, 1.54) is 10.9 Å². The van der Waals surface area contributed by atoms with Gasteiger partial charge in [-0.15, -0.1) is 0 Å². The van der Waals surface area contributed by atoms with Crippen LogP contribution in [0.5, 0.6) is 0 Å². The Bertz CT molecular complexity index is 550. The summed E-state index contributed by atoms with van der Waals surface area (Å²) >= 11 is 0. The Hall–Kier alpha value is -1.45. The van der Waals surface area contributed by atoms with Crippen LogP contribution in [0.25, 0.3) is 10.9 Å². The fourth-order valence-corrected chi connectivity index (χ4v) is 2.88. The Balaban J connectivity index is 1.94. The molecule has 1 fully saturated rings. The van der Waals surface area contributed by atoms with Gasteiger partial charge >= 0.3 is 0 Å². The number of rotatable bonds is 4. The lowest BCUT2D eigenvalue weighted by molar-refractivity contribution is 0.0917. The average Bonchev–Trinajstić information content (AvgIpc) is 2.92. The Morgan fingerprint density at radius 3 is 3.11 bits per heavy atom. The summed E-state index contributed by atoms with van der Waals surface area (Å²) < 4.78 is 5.99. The second-order valence-electron chi connectivity index (χ2n) is 5.07. The zero-order chi connectivity index (χ0) is 13.1. The van der Waals surface area contributed by atoms with Gasteiger partial charge in [0.25, 0.3) is 0 Å². The van der Waals surface area contributed by atoms with Crippen LogP contribution in [0.3, 0.4) is 0 Å². The lowest BCUT2D eigenvalue weighted by Gasteiger charge is -2.20. The van der Waals surface area contributed by atoms with Gasteiger partial charge in [0.15, 0.2) is 0 Å². The Labute approximate surface area is 114 Å². The molecule has 2 heterocycles. The van der Waals surface area contributed by atoms with Gasteiger partial charge in [-0.2, -0.15) is 0 Å². The molecule has 2 unspecified atom stereocenters. The monoisotopic (exact) mass is 256 g/mol. The lowest BCUT2D eigenvalue weighted by atomic mass is 9.93. The van der Waals surface area contributed by atoms with Gasteiger partial charge in [-0.05, 0) is 30.7 Å². The molecule has 1 aliphatic heterocycles. The van der Waals surface area contributed by atoms with Crippen LogP contribution in [0.1, 0.15) is 25.0 Å². The van der Waals surface area contributed by atoms with Crippen molar-refractivity contribution in [3.05, 3.63) is 42.1 Å². The van der Waals surface area contributed by atoms with Gasteiger partial charge in [0.2, 0.25) is 0 Å². The third kappa shape index (κ3) is 2.48. The van der Waals surface area contributed by atoms with E-state index in [4.69, 9.17) is 4.74 Å². The van der Waals surface area contributed by atoms with Crippen LogP contribution in [0.15, 0.2) is 36.5 Å². The minimum Gasteiger partial charge on any atom is -0.373 e. The molecule has 2 atom stereocenters. The van der Waals surface area contributed by atoms with Crippen molar-refractivity contribution in [3.63, 3.8) is 0 Å². The molecule has 0 saturated carbocycles. The summed E-state index contributed by atoms with van der Waals surface area (Å²) in [6.45, 7) is 5.04. The SMILES string of the molecule is CCNCC1CCOC1c1ccnc2ccccc12. The second kappa shape index (κ2) is 5.68. The summed E-state index contributed by atoms with van der Waals surface area (Å²) in [5, 5.41) is 4.66. The van der Waals surface area contributed by atoms with Crippen LogP contribution >= 0.6 is 0 Å². The number of hydrogen-bond donors (Lipinski definition) is 1. The summed E-state index contributed by atoms with van der Waals surface area (Å²) in [4.78, 5) is 4.43. The average molecular weight is 256 g/mol. The first kappa shape index (κ1) is 12.6. The van der Waals surface area contributed by atoms with Crippen molar-refractivity contribution in [2.45, 2.75) is 19.4 Å². The fraction of sp³-hybridized carbons (Fsp3) is 0.438. The van der Waals surface area contributed by atoms with E-state index in [1.807, 2.05) is 12.3 Å².